The van der Waals surface area contributed by atoms with Gasteiger partial charge in [0.15, 0.2) is 5.69 Å². The zero-order valence-electron chi connectivity index (χ0n) is 20.1. The first-order valence-electron chi connectivity index (χ1n) is 12.6. The molecule has 1 saturated heterocycles. The normalized spacial score (nSPS) is 24.8. The third kappa shape index (κ3) is 5.23. The third-order valence-corrected chi connectivity index (χ3v) is 7.58. The Bertz CT molecular complexity index is 870. The van der Waals surface area contributed by atoms with Crippen LogP contribution in [0.25, 0.3) is 0 Å². The number of piperidine rings is 1. The maximum Gasteiger partial charge on any atom is 0.272 e. The van der Waals surface area contributed by atoms with Gasteiger partial charge in [-0.2, -0.15) is 5.10 Å². The SMILES string of the molecule is CN1C(=O)c2cc(C(=O)NCCN3CCCCC3)nn2CC1(C)C(=O)NC1CCCCCC1. The van der Waals surface area contributed by atoms with Crippen LogP contribution in [0.3, 0.4) is 0 Å². The lowest BCUT2D eigenvalue weighted by Gasteiger charge is -2.41. The highest BCUT2D eigenvalue weighted by Crippen LogP contribution is 2.27. The third-order valence-electron chi connectivity index (χ3n) is 7.58. The molecule has 0 radical (unpaired) electrons. The highest BCUT2D eigenvalue weighted by Gasteiger charge is 2.46. The van der Waals surface area contributed by atoms with Gasteiger partial charge in [-0.15, -0.1) is 0 Å². The van der Waals surface area contributed by atoms with Crippen molar-refractivity contribution in [1.29, 1.82) is 0 Å². The van der Waals surface area contributed by atoms with E-state index in [9.17, 15) is 14.4 Å². The zero-order valence-corrected chi connectivity index (χ0v) is 20.1. The Morgan fingerprint density at radius 3 is 2.45 bits per heavy atom. The van der Waals surface area contributed by atoms with Crippen LogP contribution in [0.1, 0.15) is 85.7 Å². The van der Waals surface area contributed by atoms with Crippen molar-refractivity contribution < 1.29 is 14.4 Å². The lowest BCUT2D eigenvalue weighted by atomic mass is 9.95. The molecule has 9 heteroatoms. The van der Waals surface area contributed by atoms with Gasteiger partial charge >= 0.3 is 0 Å². The van der Waals surface area contributed by atoms with Gasteiger partial charge in [0.2, 0.25) is 5.91 Å². The number of carbonyl (C=O) groups excluding carboxylic acids is 3. The Labute approximate surface area is 196 Å². The number of nitrogens with one attached hydrogen (secondary N) is 2. The van der Waals surface area contributed by atoms with Crippen molar-refractivity contribution in [3.63, 3.8) is 0 Å². The van der Waals surface area contributed by atoms with Gasteiger partial charge in [-0.05, 0) is 45.7 Å². The van der Waals surface area contributed by atoms with Gasteiger partial charge in [-0.1, -0.05) is 32.1 Å². The molecule has 33 heavy (non-hydrogen) atoms. The molecule has 3 heterocycles. The second-order valence-corrected chi connectivity index (χ2v) is 10.0. The summed E-state index contributed by atoms with van der Waals surface area (Å²) in [5.41, 5.74) is -0.484. The highest BCUT2D eigenvalue weighted by molar-refractivity contribution is 6.01. The van der Waals surface area contributed by atoms with Crippen molar-refractivity contribution in [3.05, 3.63) is 17.5 Å². The van der Waals surface area contributed by atoms with E-state index in [4.69, 9.17) is 0 Å². The predicted molar refractivity (Wildman–Crippen MR) is 125 cm³/mol. The number of fused-ring (bicyclic) bond motifs is 1. The molecule has 9 nitrogen and oxygen atoms in total. The summed E-state index contributed by atoms with van der Waals surface area (Å²) in [4.78, 5) is 42.9. The summed E-state index contributed by atoms with van der Waals surface area (Å²) in [6.45, 7) is 5.54. The van der Waals surface area contributed by atoms with E-state index in [0.717, 1.165) is 45.3 Å². The number of carbonyl (C=O) groups is 3. The van der Waals surface area contributed by atoms with Crippen LogP contribution < -0.4 is 10.6 Å². The van der Waals surface area contributed by atoms with E-state index in [1.165, 1.54) is 47.8 Å². The van der Waals surface area contributed by atoms with Crippen LogP contribution in [0.2, 0.25) is 0 Å². The van der Waals surface area contributed by atoms with Gasteiger partial charge in [-0.25, -0.2) is 0 Å². The molecular formula is C24H38N6O3. The summed E-state index contributed by atoms with van der Waals surface area (Å²) in [5.74, 6) is -0.729. The molecule has 3 amide bonds. The molecule has 0 spiro atoms. The van der Waals surface area contributed by atoms with Crippen LogP contribution >= 0.6 is 0 Å². The number of likely N-dealkylation sites (N-methyl/N-ethyl adjacent to an activating group) is 1. The van der Waals surface area contributed by atoms with Gasteiger partial charge in [0.25, 0.3) is 11.8 Å². The van der Waals surface area contributed by atoms with Crippen LogP contribution in [0.4, 0.5) is 0 Å². The first-order chi connectivity index (χ1) is 15.9. The maximum atomic E-state index is 13.3. The fourth-order valence-electron chi connectivity index (χ4n) is 5.20. The Kier molecular flexibility index (Phi) is 7.36. The van der Waals surface area contributed by atoms with E-state index in [0.29, 0.717) is 12.2 Å². The Morgan fingerprint density at radius 2 is 1.76 bits per heavy atom. The summed E-state index contributed by atoms with van der Waals surface area (Å²) >= 11 is 0. The minimum atomic E-state index is -1.05. The molecule has 182 valence electrons. The summed E-state index contributed by atoms with van der Waals surface area (Å²) in [7, 11) is 1.66. The molecular weight excluding hydrogens is 420 g/mol. The minimum absolute atomic E-state index is 0.153. The average Bonchev–Trinajstić information content (AvgIpc) is 3.06. The van der Waals surface area contributed by atoms with Crippen molar-refractivity contribution in [2.45, 2.75) is 82.8 Å². The summed E-state index contributed by atoms with van der Waals surface area (Å²) in [5, 5.41) is 10.5. The van der Waals surface area contributed by atoms with Crippen molar-refractivity contribution in [1.82, 2.24) is 30.2 Å². The first kappa shape index (κ1) is 23.7. The second-order valence-electron chi connectivity index (χ2n) is 10.0. The van der Waals surface area contributed by atoms with Crippen LogP contribution in [0, 0.1) is 0 Å². The number of nitrogens with zero attached hydrogens (tertiary/aromatic N) is 4. The summed E-state index contributed by atoms with van der Waals surface area (Å²) in [6.07, 6.45) is 10.3. The molecule has 0 bridgehead atoms. The molecule has 2 aliphatic heterocycles. The largest absolute Gasteiger partial charge is 0.351 e. The molecule has 0 aromatic carbocycles. The molecule has 1 aliphatic carbocycles. The molecule has 2 fully saturated rings. The molecule has 1 unspecified atom stereocenters. The van der Waals surface area contributed by atoms with Crippen LogP contribution in [-0.2, 0) is 11.3 Å². The maximum absolute atomic E-state index is 13.3. The number of aromatic nitrogens is 2. The van der Waals surface area contributed by atoms with Gasteiger partial charge in [-0.3, -0.25) is 19.1 Å². The van der Waals surface area contributed by atoms with Crippen LogP contribution in [-0.4, -0.2) is 82.1 Å². The number of likely N-dealkylation sites (tertiary alicyclic amines) is 1. The first-order valence-corrected chi connectivity index (χ1v) is 12.6. The van der Waals surface area contributed by atoms with Crippen LogP contribution in [0.5, 0.6) is 0 Å². The van der Waals surface area contributed by atoms with E-state index in [2.05, 4.69) is 20.6 Å². The van der Waals surface area contributed by atoms with Crippen molar-refractivity contribution in [3.8, 4) is 0 Å². The topological polar surface area (TPSA) is 99.6 Å². The molecule has 1 aromatic heterocycles. The van der Waals surface area contributed by atoms with E-state index in [1.54, 1.807) is 14.0 Å². The minimum Gasteiger partial charge on any atom is -0.351 e. The van der Waals surface area contributed by atoms with E-state index >= 15 is 0 Å². The lowest BCUT2D eigenvalue weighted by Crippen LogP contribution is -2.63. The van der Waals surface area contributed by atoms with Gasteiger partial charge in [0.05, 0.1) is 6.54 Å². The number of rotatable bonds is 6. The van der Waals surface area contributed by atoms with Gasteiger partial charge < -0.3 is 20.4 Å². The Hall–Kier alpha value is -2.42. The quantitative estimate of drug-likeness (QED) is 0.633. The lowest BCUT2D eigenvalue weighted by molar-refractivity contribution is -0.133. The molecule has 4 rings (SSSR count). The molecule has 1 atom stereocenters. The number of hydrogen-bond donors (Lipinski definition) is 2. The smallest absolute Gasteiger partial charge is 0.272 e. The number of hydrogen-bond acceptors (Lipinski definition) is 5. The second kappa shape index (κ2) is 10.2. The average molecular weight is 459 g/mol. The summed E-state index contributed by atoms with van der Waals surface area (Å²) < 4.78 is 1.52. The standard InChI is InChI=1S/C24H38N6O3/c1-24(23(33)26-18-10-6-3-4-7-11-18)17-30-20(22(32)28(24)2)16-19(27-30)21(31)25-12-15-29-13-8-5-9-14-29/h16,18H,3-15,17H2,1-2H3,(H,25,31)(H,26,33). The van der Waals surface area contributed by atoms with Crippen molar-refractivity contribution in [2.75, 3.05) is 33.2 Å². The fraction of sp³-hybridized carbons (Fsp3) is 0.750. The van der Waals surface area contributed by atoms with E-state index < -0.39 is 5.54 Å². The molecule has 3 aliphatic rings. The summed E-state index contributed by atoms with van der Waals surface area (Å²) in [6, 6.07) is 1.69. The van der Waals surface area contributed by atoms with Gasteiger partial charge in [0.1, 0.15) is 11.2 Å². The Morgan fingerprint density at radius 1 is 1.09 bits per heavy atom. The van der Waals surface area contributed by atoms with Crippen molar-refractivity contribution >= 4 is 17.7 Å². The predicted octanol–water partition coefficient (Wildman–Crippen LogP) is 1.78. The van der Waals surface area contributed by atoms with E-state index in [1.807, 2.05) is 0 Å². The fourth-order valence-corrected chi connectivity index (χ4v) is 5.20. The molecule has 1 aromatic rings. The van der Waals surface area contributed by atoms with Crippen molar-refractivity contribution in [2.24, 2.45) is 0 Å². The molecule has 1 saturated carbocycles. The monoisotopic (exact) mass is 458 g/mol. The number of amides is 3. The molecule has 2 N–H and O–H groups in total. The van der Waals surface area contributed by atoms with Crippen LogP contribution in [0.15, 0.2) is 6.07 Å². The van der Waals surface area contributed by atoms with Gasteiger partial charge in [0, 0.05) is 32.2 Å². The van der Waals surface area contributed by atoms with E-state index in [-0.39, 0.29) is 36.0 Å². The Balaban J connectivity index is 1.40. The highest BCUT2D eigenvalue weighted by atomic mass is 16.2. The zero-order chi connectivity index (χ0) is 23.4.